The summed E-state index contributed by atoms with van der Waals surface area (Å²) in [7, 11) is 0. The van der Waals surface area contributed by atoms with Crippen LogP contribution in [0.4, 0.5) is 0 Å². The highest BCUT2D eigenvalue weighted by Crippen LogP contribution is 2.29. The first-order chi connectivity index (χ1) is 14.8. The number of nitrogens with one attached hydrogen (secondary N) is 1. The molecule has 2 heterocycles. The molecule has 0 saturated carbocycles. The quantitative estimate of drug-likeness (QED) is 0.603. The van der Waals surface area contributed by atoms with Crippen LogP contribution in [0.3, 0.4) is 0 Å². The lowest BCUT2D eigenvalue weighted by atomic mass is 10.0. The van der Waals surface area contributed by atoms with Crippen molar-refractivity contribution in [1.82, 2.24) is 25.2 Å². The van der Waals surface area contributed by atoms with E-state index in [2.05, 4.69) is 22.2 Å². The number of amides is 2. The average molecular weight is 446 g/mol. The molecule has 0 radical (unpaired) electrons. The van der Waals surface area contributed by atoms with E-state index in [-0.39, 0.29) is 17.9 Å². The third-order valence-electron chi connectivity index (χ3n) is 5.22. The van der Waals surface area contributed by atoms with Crippen molar-refractivity contribution >= 4 is 29.4 Å². The highest BCUT2D eigenvalue weighted by molar-refractivity contribution is 6.33. The van der Waals surface area contributed by atoms with Crippen LogP contribution in [0.1, 0.15) is 42.6 Å². The first-order valence-electron chi connectivity index (χ1n) is 10.0. The number of carboxylic acids is 1. The van der Waals surface area contributed by atoms with Crippen LogP contribution in [-0.2, 0) is 9.59 Å². The van der Waals surface area contributed by atoms with Gasteiger partial charge in [-0.15, -0.1) is 11.7 Å². The zero-order chi connectivity index (χ0) is 22.5. The third kappa shape index (κ3) is 4.93. The van der Waals surface area contributed by atoms with E-state index in [1.54, 1.807) is 17.2 Å². The molecule has 10 heteroatoms. The molecule has 0 bridgehead atoms. The lowest BCUT2D eigenvalue weighted by Crippen LogP contribution is -2.42. The van der Waals surface area contributed by atoms with Gasteiger partial charge >= 0.3 is 5.97 Å². The van der Waals surface area contributed by atoms with Gasteiger partial charge in [-0.1, -0.05) is 22.9 Å². The number of likely N-dealkylation sites (N-methyl/N-ethyl adjacent to an activating group) is 1. The number of halogens is 1. The third-order valence-corrected chi connectivity index (χ3v) is 5.55. The van der Waals surface area contributed by atoms with Crippen molar-refractivity contribution in [2.75, 3.05) is 13.1 Å². The molecule has 1 aromatic heterocycles. The fraction of sp³-hybridized carbons (Fsp3) is 0.381. The van der Waals surface area contributed by atoms with Crippen LogP contribution in [0.2, 0.25) is 5.02 Å². The number of hydrogen-bond donors (Lipinski definition) is 2. The van der Waals surface area contributed by atoms with E-state index in [0.717, 1.165) is 13.0 Å². The molecule has 164 valence electrons. The second-order valence-electron chi connectivity index (χ2n) is 7.24. The Morgan fingerprint density at radius 1 is 1.45 bits per heavy atom. The van der Waals surface area contributed by atoms with E-state index in [4.69, 9.17) is 11.6 Å². The molecule has 1 saturated heterocycles. The van der Waals surface area contributed by atoms with E-state index in [1.165, 1.54) is 22.9 Å². The van der Waals surface area contributed by atoms with Crippen molar-refractivity contribution in [2.24, 2.45) is 0 Å². The molecule has 1 aromatic carbocycles. The number of carbonyl (C=O) groups excluding carboxylic acids is 2. The van der Waals surface area contributed by atoms with Crippen LogP contribution in [0.25, 0.3) is 11.3 Å². The number of rotatable bonds is 8. The maximum Gasteiger partial charge on any atom is 0.326 e. The van der Waals surface area contributed by atoms with Crippen LogP contribution >= 0.6 is 11.6 Å². The lowest BCUT2D eigenvalue weighted by molar-refractivity contribution is -0.139. The van der Waals surface area contributed by atoms with Gasteiger partial charge in [-0.3, -0.25) is 9.59 Å². The van der Waals surface area contributed by atoms with Crippen molar-refractivity contribution in [3.63, 3.8) is 0 Å². The SMILES string of the molecule is C=CCC(NC(=O)c1ccc(Cl)c(-c2cn(C3CCCN(CC)C3=O)nn2)c1)C(=O)O. The van der Waals surface area contributed by atoms with Crippen molar-refractivity contribution in [1.29, 1.82) is 0 Å². The average Bonchev–Trinajstić information content (AvgIpc) is 3.23. The molecule has 2 unspecified atom stereocenters. The Balaban J connectivity index is 1.84. The molecule has 9 nitrogen and oxygen atoms in total. The molecular formula is C21H24ClN5O4. The second-order valence-corrected chi connectivity index (χ2v) is 7.65. The fourth-order valence-electron chi connectivity index (χ4n) is 3.52. The zero-order valence-electron chi connectivity index (χ0n) is 17.1. The van der Waals surface area contributed by atoms with E-state index < -0.39 is 24.0 Å². The zero-order valence-corrected chi connectivity index (χ0v) is 17.9. The summed E-state index contributed by atoms with van der Waals surface area (Å²) in [5.74, 6) is -1.70. The molecule has 2 N–H and O–H groups in total. The van der Waals surface area contributed by atoms with Crippen LogP contribution in [0.5, 0.6) is 0 Å². The molecule has 2 atom stereocenters. The van der Waals surface area contributed by atoms with E-state index in [1.807, 2.05) is 6.92 Å². The lowest BCUT2D eigenvalue weighted by Gasteiger charge is -2.31. The van der Waals surface area contributed by atoms with Gasteiger partial charge in [-0.25, -0.2) is 9.48 Å². The summed E-state index contributed by atoms with van der Waals surface area (Å²) in [5, 5.41) is 20.3. The Labute approximate surface area is 184 Å². The minimum absolute atomic E-state index is 0.00589. The molecule has 31 heavy (non-hydrogen) atoms. The number of likely N-dealkylation sites (tertiary alicyclic amines) is 1. The fourth-order valence-corrected chi connectivity index (χ4v) is 3.74. The van der Waals surface area contributed by atoms with Gasteiger partial charge in [0.2, 0.25) is 5.91 Å². The van der Waals surface area contributed by atoms with Gasteiger partial charge in [0, 0.05) is 24.2 Å². The Morgan fingerprint density at radius 3 is 2.90 bits per heavy atom. The maximum atomic E-state index is 12.6. The number of nitrogens with zero attached hydrogens (tertiary/aromatic N) is 4. The highest BCUT2D eigenvalue weighted by atomic mass is 35.5. The van der Waals surface area contributed by atoms with Gasteiger partial charge in [-0.05, 0) is 44.4 Å². The molecule has 1 aliphatic rings. The van der Waals surface area contributed by atoms with Crippen LogP contribution in [-0.4, -0.2) is 61.9 Å². The molecule has 0 spiro atoms. The Kier molecular flexibility index (Phi) is 7.06. The Bertz CT molecular complexity index is 1010. The summed E-state index contributed by atoms with van der Waals surface area (Å²) in [6, 6.07) is 3.07. The van der Waals surface area contributed by atoms with Crippen LogP contribution < -0.4 is 5.32 Å². The van der Waals surface area contributed by atoms with Gasteiger partial charge in [-0.2, -0.15) is 0 Å². The Morgan fingerprint density at radius 2 is 2.23 bits per heavy atom. The van der Waals surface area contributed by atoms with Gasteiger partial charge in [0.05, 0.1) is 11.2 Å². The molecular weight excluding hydrogens is 422 g/mol. The number of carboxylic acid groups (broad SMARTS) is 1. The predicted octanol–water partition coefficient (Wildman–Crippen LogP) is 2.54. The highest BCUT2D eigenvalue weighted by Gasteiger charge is 2.30. The number of hydrogen-bond acceptors (Lipinski definition) is 5. The summed E-state index contributed by atoms with van der Waals surface area (Å²) < 4.78 is 1.53. The van der Waals surface area contributed by atoms with E-state index in [9.17, 15) is 19.5 Å². The Hall–Kier alpha value is -3.20. The first-order valence-corrected chi connectivity index (χ1v) is 10.4. The smallest absolute Gasteiger partial charge is 0.326 e. The van der Waals surface area contributed by atoms with E-state index >= 15 is 0 Å². The first kappa shape index (κ1) is 22.5. The second kappa shape index (κ2) is 9.74. The normalized spacial score (nSPS) is 17.3. The maximum absolute atomic E-state index is 12.6. The van der Waals surface area contributed by atoms with Gasteiger partial charge in [0.1, 0.15) is 17.8 Å². The van der Waals surface area contributed by atoms with Crippen molar-refractivity contribution in [3.05, 3.63) is 47.6 Å². The standard InChI is InChI=1S/C21H24ClN5O4/c1-3-6-16(21(30)31)23-19(28)13-8-9-15(22)14(11-13)17-12-27(25-24-17)18-7-5-10-26(4-2)20(18)29/h3,8-9,11-12,16,18H,1,4-7,10H2,2H3,(H,23,28)(H,30,31). The molecule has 2 aromatic rings. The minimum Gasteiger partial charge on any atom is -0.480 e. The summed E-state index contributed by atoms with van der Waals surface area (Å²) in [4.78, 5) is 38.3. The number of benzene rings is 1. The van der Waals surface area contributed by atoms with Crippen molar-refractivity contribution in [3.8, 4) is 11.3 Å². The molecule has 1 aliphatic heterocycles. The van der Waals surface area contributed by atoms with Gasteiger partial charge < -0.3 is 15.3 Å². The molecule has 0 aliphatic carbocycles. The number of carbonyl (C=O) groups is 3. The van der Waals surface area contributed by atoms with Crippen LogP contribution in [0, 0.1) is 0 Å². The van der Waals surface area contributed by atoms with Crippen LogP contribution in [0.15, 0.2) is 37.1 Å². The summed E-state index contributed by atoms with van der Waals surface area (Å²) in [5.41, 5.74) is 1.11. The van der Waals surface area contributed by atoms with Crippen molar-refractivity contribution in [2.45, 2.75) is 38.3 Å². The minimum atomic E-state index is -1.15. The van der Waals surface area contributed by atoms with Gasteiger partial charge in [0.15, 0.2) is 0 Å². The largest absolute Gasteiger partial charge is 0.480 e. The number of aromatic nitrogens is 3. The predicted molar refractivity (Wildman–Crippen MR) is 115 cm³/mol. The molecule has 1 fully saturated rings. The molecule has 3 rings (SSSR count). The van der Waals surface area contributed by atoms with E-state index in [0.29, 0.717) is 29.2 Å². The monoisotopic (exact) mass is 445 g/mol. The summed E-state index contributed by atoms with van der Waals surface area (Å²) in [6.45, 7) is 6.82. The number of aliphatic carboxylic acids is 1. The molecule has 2 amide bonds. The van der Waals surface area contributed by atoms with Crippen molar-refractivity contribution < 1.29 is 19.5 Å². The number of piperidine rings is 1. The summed E-state index contributed by atoms with van der Waals surface area (Å²) >= 11 is 6.32. The summed E-state index contributed by atoms with van der Waals surface area (Å²) in [6.07, 6.45) is 4.72. The van der Waals surface area contributed by atoms with Gasteiger partial charge in [0.25, 0.3) is 5.91 Å². The topological polar surface area (TPSA) is 117 Å².